The van der Waals surface area contributed by atoms with E-state index in [4.69, 9.17) is 0 Å². The highest BCUT2D eigenvalue weighted by molar-refractivity contribution is 5.76. The molecule has 0 aliphatic heterocycles. The Bertz CT molecular complexity index is 478. The quantitative estimate of drug-likeness (QED) is 0.626. The van der Waals surface area contributed by atoms with Gasteiger partial charge in [-0.1, -0.05) is 0 Å². The molecule has 1 aromatic carbocycles. The molecule has 59 valence electrons. The fraction of sp³-hybridized carbons (Fsp3) is 0. The number of nitrogens with zero attached hydrogens (tertiary/aromatic N) is 1. The minimum atomic E-state index is -0.469. The number of halogens is 1. The van der Waals surface area contributed by atoms with E-state index < -0.39 is 11.4 Å². The second kappa shape index (κ2) is 2.41. The number of aromatic amines is 1. The molecule has 3 nitrogen and oxygen atoms in total. The number of hydrogen-bond acceptors (Lipinski definition) is 2. The van der Waals surface area contributed by atoms with Crippen LogP contribution >= 0.6 is 0 Å². The van der Waals surface area contributed by atoms with E-state index in [1.807, 2.05) is 0 Å². The fourth-order valence-corrected chi connectivity index (χ4v) is 1.00. The SMILES string of the molecule is O=c1n[c][nH]c2ccc(F)cc12. The molecule has 1 N–H and O–H groups in total. The van der Waals surface area contributed by atoms with Crippen molar-refractivity contribution < 1.29 is 4.39 Å². The summed E-state index contributed by atoms with van der Waals surface area (Å²) in [5.41, 5.74) is 0.0691. The molecule has 0 spiro atoms. The van der Waals surface area contributed by atoms with Gasteiger partial charge in [0.05, 0.1) is 10.9 Å². The van der Waals surface area contributed by atoms with Crippen LogP contribution in [0, 0.1) is 12.1 Å². The Morgan fingerprint density at radius 2 is 2.33 bits per heavy atom. The maximum Gasteiger partial charge on any atom is 0.281 e. The summed E-state index contributed by atoms with van der Waals surface area (Å²) in [6.07, 6.45) is 2.31. The van der Waals surface area contributed by atoms with Crippen LogP contribution in [0.3, 0.4) is 0 Å². The summed E-state index contributed by atoms with van der Waals surface area (Å²) in [4.78, 5) is 17.0. The largest absolute Gasteiger partial charge is 0.336 e. The summed E-state index contributed by atoms with van der Waals surface area (Å²) in [7, 11) is 0. The van der Waals surface area contributed by atoms with Crippen LogP contribution in [0.25, 0.3) is 10.9 Å². The molecule has 0 bridgehead atoms. The molecule has 2 rings (SSSR count). The van der Waals surface area contributed by atoms with Crippen molar-refractivity contribution in [2.45, 2.75) is 0 Å². The van der Waals surface area contributed by atoms with E-state index in [0.29, 0.717) is 5.52 Å². The second-order valence-corrected chi connectivity index (χ2v) is 2.34. The van der Waals surface area contributed by atoms with Gasteiger partial charge in [0.1, 0.15) is 5.82 Å². The molecule has 0 saturated heterocycles. The lowest BCUT2D eigenvalue weighted by molar-refractivity contribution is 0.629. The Morgan fingerprint density at radius 1 is 1.50 bits per heavy atom. The molecule has 1 heterocycles. The van der Waals surface area contributed by atoms with E-state index in [2.05, 4.69) is 16.3 Å². The van der Waals surface area contributed by atoms with Gasteiger partial charge >= 0.3 is 0 Å². The molecule has 0 fully saturated rings. The zero-order chi connectivity index (χ0) is 8.55. The van der Waals surface area contributed by atoms with E-state index in [1.165, 1.54) is 12.1 Å². The van der Waals surface area contributed by atoms with Crippen LogP contribution in [0.2, 0.25) is 0 Å². The standard InChI is InChI=1S/C8H4FN2O/c9-5-1-2-7-6(3-5)8(12)11-4-10-7/h1-3H,(H,10,11,12). The van der Waals surface area contributed by atoms with Crippen molar-refractivity contribution in [1.82, 2.24) is 9.97 Å². The first-order valence-corrected chi connectivity index (χ1v) is 3.33. The Morgan fingerprint density at radius 3 is 3.17 bits per heavy atom. The minimum absolute atomic E-state index is 0.244. The number of H-pyrrole nitrogens is 1. The van der Waals surface area contributed by atoms with Gasteiger partial charge in [0, 0.05) is 0 Å². The molecule has 0 saturated carbocycles. The molecule has 0 amide bonds. The molecule has 0 aliphatic carbocycles. The average Bonchev–Trinajstić information content (AvgIpc) is 2.07. The third-order valence-electron chi connectivity index (χ3n) is 1.56. The van der Waals surface area contributed by atoms with Crippen LogP contribution in [0.15, 0.2) is 23.0 Å². The van der Waals surface area contributed by atoms with Crippen molar-refractivity contribution in [1.29, 1.82) is 0 Å². The van der Waals surface area contributed by atoms with E-state index >= 15 is 0 Å². The Kier molecular flexibility index (Phi) is 1.40. The molecule has 12 heavy (non-hydrogen) atoms. The van der Waals surface area contributed by atoms with Gasteiger partial charge in [0.25, 0.3) is 5.56 Å². The first-order valence-electron chi connectivity index (χ1n) is 3.33. The highest BCUT2D eigenvalue weighted by atomic mass is 19.1. The van der Waals surface area contributed by atoms with Gasteiger partial charge in [-0.2, -0.15) is 4.98 Å². The predicted molar refractivity (Wildman–Crippen MR) is 41.2 cm³/mol. The second-order valence-electron chi connectivity index (χ2n) is 2.34. The lowest BCUT2D eigenvalue weighted by Gasteiger charge is -1.93. The van der Waals surface area contributed by atoms with Crippen molar-refractivity contribution in [2.75, 3.05) is 0 Å². The maximum atomic E-state index is 12.6. The Hall–Kier alpha value is -1.71. The van der Waals surface area contributed by atoms with E-state index in [0.717, 1.165) is 6.07 Å². The van der Waals surface area contributed by atoms with Crippen LogP contribution < -0.4 is 5.56 Å². The molecule has 0 aliphatic rings. The van der Waals surface area contributed by atoms with E-state index in [9.17, 15) is 9.18 Å². The van der Waals surface area contributed by atoms with Gasteiger partial charge in [0.2, 0.25) is 0 Å². The van der Waals surface area contributed by atoms with Crippen LogP contribution in [-0.2, 0) is 0 Å². The first kappa shape index (κ1) is 6.97. The van der Waals surface area contributed by atoms with Crippen LogP contribution in [-0.4, -0.2) is 9.97 Å². The topological polar surface area (TPSA) is 45.8 Å². The lowest BCUT2D eigenvalue weighted by atomic mass is 10.2. The summed E-state index contributed by atoms with van der Waals surface area (Å²) in [6, 6.07) is 3.89. The van der Waals surface area contributed by atoms with Crippen molar-refractivity contribution in [2.24, 2.45) is 0 Å². The van der Waals surface area contributed by atoms with Crippen LogP contribution in [0.1, 0.15) is 0 Å². The smallest absolute Gasteiger partial charge is 0.281 e. The molecule has 0 atom stereocenters. The third-order valence-corrected chi connectivity index (χ3v) is 1.56. The normalized spacial score (nSPS) is 10.4. The lowest BCUT2D eigenvalue weighted by Crippen LogP contribution is -2.06. The molecule has 2 aromatic rings. The Labute approximate surface area is 66.9 Å². The van der Waals surface area contributed by atoms with Crippen LogP contribution in [0.4, 0.5) is 4.39 Å². The summed E-state index contributed by atoms with van der Waals surface area (Å²) >= 11 is 0. The van der Waals surface area contributed by atoms with Crippen molar-refractivity contribution >= 4 is 10.9 Å². The van der Waals surface area contributed by atoms with Crippen molar-refractivity contribution in [3.05, 3.63) is 40.7 Å². The summed E-state index contributed by atoms with van der Waals surface area (Å²) in [5.74, 6) is -0.444. The van der Waals surface area contributed by atoms with Gasteiger partial charge in [-0.25, -0.2) is 4.39 Å². The third kappa shape index (κ3) is 0.972. The number of benzene rings is 1. The first-order chi connectivity index (χ1) is 5.77. The molecule has 1 aromatic heterocycles. The fourth-order valence-electron chi connectivity index (χ4n) is 1.00. The van der Waals surface area contributed by atoms with E-state index in [1.54, 1.807) is 0 Å². The van der Waals surface area contributed by atoms with Gasteiger partial charge in [-0.05, 0) is 18.2 Å². The van der Waals surface area contributed by atoms with Gasteiger partial charge in [-0.15, -0.1) is 0 Å². The molecular weight excluding hydrogens is 159 g/mol. The predicted octanol–water partition coefficient (Wildman–Crippen LogP) is 0.862. The minimum Gasteiger partial charge on any atom is -0.336 e. The number of nitrogens with one attached hydrogen (secondary N) is 1. The number of aromatic nitrogens is 2. The number of rotatable bonds is 0. The molecule has 1 radical (unpaired) electrons. The molecular formula is C8H4FN2O. The zero-order valence-electron chi connectivity index (χ0n) is 5.97. The highest BCUT2D eigenvalue weighted by Crippen LogP contribution is 2.06. The molecule has 4 heteroatoms. The van der Waals surface area contributed by atoms with Gasteiger partial charge < -0.3 is 4.98 Å². The summed E-state index contributed by atoms with van der Waals surface area (Å²) in [5, 5.41) is 0.244. The van der Waals surface area contributed by atoms with E-state index in [-0.39, 0.29) is 5.39 Å². The van der Waals surface area contributed by atoms with Gasteiger partial charge in [-0.3, -0.25) is 4.79 Å². The highest BCUT2D eigenvalue weighted by Gasteiger charge is 1.99. The van der Waals surface area contributed by atoms with Crippen LogP contribution in [0.5, 0.6) is 0 Å². The number of hydrogen-bond donors (Lipinski definition) is 1. The monoisotopic (exact) mass is 163 g/mol. The van der Waals surface area contributed by atoms with Gasteiger partial charge in [0.15, 0.2) is 6.33 Å². The van der Waals surface area contributed by atoms with Crippen molar-refractivity contribution in [3.8, 4) is 0 Å². The summed E-state index contributed by atoms with van der Waals surface area (Å²) in [6.45, 7) is 0. The molecule has 0 unspecified atom stereocenters. The maximum absolute atomic E-state index is 12.6. The average molecular weight is 163 g/mol. The van der Waals surface area contributed by atoms with Crippen molar-refractivity contribution in [3.63, 3.8) is 0 Å². The zero-order valence-corrected chi connectivity index (χ0v) is 5.97. The summed E-state index contributed by atoms with van der Waals surface area (Å²) < 4.78 is 12.6. The number of fused-ring (bicyclic) bond motifs is 1. The Balaban J connectivity index is 2.98.